The second kappa shape index (κ2) is 8.17. The maximum absolute atomic E-state index is 3.56. The molecule has 0 aliphatic rings. The van der Waals surface area contributed by atoms with Gasteiger partial charge in [-0.1, -0.05) is 101 Å². The van der Waals surface area contributed by atoms with E-state index in [0.29, 0.717) is 0 Å². The van der Waals surface area contributed by atoms with Crippen molar-refractivity contribution in [3.05, 3.63) is 126 Å². The molecule has 0 fully saturated rings. The van der Waals surface area contributed by atoms with E-state index in [1.807, 2.05) is 0 Å². The van der Waals surface area contributed by atoms with Crippen molar-refractivity contribution in [3.8, 4) is 11.1 Å². The van der Waals surface area contributed by atoms with Crippen molar-refractivity contribution in [2.45, 2.75) is 0 Å². The molecule has 5 rings (SSSR count). The van der Waals surface area contributed by atoms with Gasteiger partial charge in [-0.3, -0.25) is 0 Å². The predicted molar refractivity (Wildman–Crippen MR) is 132 cm³/mol. The SMILES string of the molecule is Brc1ccc(-c2ccccc2N(c2ccccc2)c2cccc3ccccc23)cc1. The highest BCUT2D eigenvalue weighted by Crippen LogP contribution is 2.43. The number of hydrogen-bond donors (Lipinski definition) is 0. The topological polar surface area (TPSA) is 3.24 Å². The van der Waals surface area contributed by atoms with Gasteiger partial charge in [0.2, 0.25) is 0 Å². The van der Waals surface area contributed by atoms with Crippen LogP contribution < -0.4 is 4.90 Å². The van der Waals surface area contributed by atoms with E-state index in [1.165, 1.54) is 27.6 Å². The lowest BCUT2D eigenvalue weighted by atomic mass is 10.0. The van der Waals surface area contributed by atoms with Crippen LogP contribution in [0.3, 0.4) is 0 Å². The maximum Gasteiger partial charge on any atom is 0.0540 e. The largest absolute Gasteiger partial charge is 0.309 e. The molecule has 0 amide bonds. The molecule has 0 aliphatic heterocycles. The number of rotatable bonds is 4. The highest BCUT2D eigenvalue weighted by molar-refractivity contribution is 9.10. The van der Waals surface area contributed by atoms with Crippen LogP contribution in [-0.2, 0) is 0 Å². The fourth-order valence-corrected chi connectivity index (χ4v) is 4.19. The molecule has 144 valence electrons. The summed E-state index contributed by atoms with van der Waals surface area (Å²) in [7, 11) is 0. The van der Waals surface area contributed by atoms with Gasteiger partial charge >= 0.3 is 0 Å². The Morgan fingerprint density at radius 1 is 0.500 bits per heavy atom. The van der Waals surface area contributed by atoms with Crippen LogP contribution in [0, 0.1) is 0 Å². The molecule has 0 aliphatic carbocycles. The number of fused-ring (bicyclic) bond motifs is 1. The summed E-state index contributed by atoms with van der Waals surface area (Å²) in [5, 5.41) is 2.46. The molecule has 1 nitrogen and oxygen atoms in total. The predicted octanol–water partition coefficient (Wildman–Crippen LogP) is 8.74. The molecule has 0 radical (unpaired) electrons. The molecule has 0 saturated heterocycles. The highest BCUT2D eigenvalue weighted by Gasteiger charge is 2.18. The Bertz CT molecular complexity index is 1290. The van der Waals surface area contributed by atoms with Crippen molar-refractivity contribution >= 4 is 43.8 Å². The van der Waals surface area contributed by atoms with Crippen LogP contribution in [0.15, 0.2) is 126 Å². The number of benzene rings is 5. The molecular formula is C28H20BrN. The summed E-state index contributed by atoms with van der Waals surface area (Å²) in [5.41, 5.74) is 5.85. The first-order chi connectivity index (χ1) is 14.8. The van der Waals surface area contributed by atoms with Crippen molar-refractivity contribution in [3.63, 3.8) is 0 Å². The number of para-hydroxylation sites is 2. The van der Waals surface area contributed by atoms with Crippen LogP contribution in [0.5, 0.6) is 0 Å². The molecule has 5 aromatic rings. The minimum atomic E-state index is 1.08. The van der Waals surface area contributed by atoms with Crippen molar-refractivity contribution < 1.29 is 0 Å². The zero-order chi connectivity index (χ0) is 20.3. The number of nitrogens with zero attached hydrogens (tertiary/aromatic N) is 1. The van der Waals surface area contributed by atoms with Gasteiger partial charge in [-0.25, -0.2) is 0 Å². The molecule has 0 saturated carbocycles. The summed E-state index contributed by atoms with van der Waals surface area (Å²) in [4.78, 5) is 2.36. The van der Waals surface area contributed by atoms with Crippen LogP contribution >= 0.6 is 15.9 Å². The van der Waals surface area contributed by atoms with Crippen LogP contribution in [0.1, 0.15) is 0 Å². The van der Waals surface area contributed by atoms with Crippen LogP contribution in [0.4, 0.5) is 17.1 Å². The Balaban J connectivity index is 1.79. The van der Waals surface area contributed by atoms with Gasteiger partial charge in [-0.15, -0.1) is 0 Å². The molecule has 0 N–H and O–H groups in total. The fourth-order valence-electron chi connectivity index (χ4n) is 3.93. The first kappa shape index (κ1) is 18.7. The molecular weight excluding hydrogens is 430 g/mol. The van der Waals surface area contributed by atoms with Gasteiger partial charge in [-0.2, -0.15) is 0 Å². The lowest BCUT2D eigenvalue weighted by Gasteiger charge is -2.29. The lowest BCUT2D eigenvalue weighted by Crippen LogP contribution is -2.11. The second-order valence-corrected chi connectivity index (χ2v) is 8.11. The maximum atomic E-state index is 3.56. The van der Waals surface area contributed by atoms with E-state index >= 15 is 0 Å². The lowest BCUT2D eigenvalue weighted by molar-refractivity contribution is 1.30. The van der Waals surface area contributed by atoms with Crippen molar-refractivity contribution in [2.75, 3.05) is 4.90 Å². The normalized spacial score (nSPS) is 10.8. The van der Waals surface area contributed by atoms with Crippen molar-refractivity contribution in [2.24, 2.45) is 0 Å². The zero-order valence-corrected chi connectivity index (χ0v) is 18.0. The summed E-state index contributed by atoms with van der Waals surface area (Å²) < 4.78 is 1.08. The third-order valence-corrected chi connectivity index (χ3v) is 5.85. The van der Waals surface area contributed by atoms with Gasteiger partial charge in [0.1, 0.15) is 0 Å². The molecule has 0 atom stereocenters. The van der Waals surface area contributed by atoms with E-state index in [2.05, 4.69) is 142 Å². The summed E-state index contributed by atoms with van der Waals surface area (Å²) >= 11 is 3.56. The third-order valence-electron chi connectivity index (χ3n) is 5.32. The summed E-state index contributed by atoms with van der Waals surface area (Å²) in [5.74, 6) is 0. The molecule has 0 heterocycles. The smallest absolute Gasteiger partial charge is 0.0540 e. The minimum absolute atomic E-state index is 1.08. The standard InChI is InChI=1S/C28H20BrN/c29-23-19-17-22(18-20-23)26-14-6-7-15-27(26)30(24-11-2-1-3-12-24)28-16-8-10-21-9-4-5-13-25(21)28/h1-20H. The first-order valence-corrected chi connectivity index (χ1v) is 10.8. The van der Waals surface area contributed by atoms with Crippen LogP contribution in [-0.4, -0.2) is 0 Å². The molecule has 0 bridgehead atoms. The van der Waals surface area contributed by atoms with Gasteiger partial charge < -0.3 is 4.90 Å². The average molecular weight is 450 g/mol. The summed E-state index contributed by atoms with van der Waals surface area (Å²) in [6.07, 6.45) is 0. The molecule has 0 spiro atoms. The monoisotopic (exact) mass is 449 g/mol. The Morgan fingerprint density at radius 2 is 1.13 bits per heavy atom. The van der Waals surface area contributed by atoms with Crippen molar-refractivity contribution in [1.82, 2.24) is 0 Å². The molecule has 2 heteroatoms. The van der Waals surface area contributed by atoms with Gasteiger partial charge in [0, 0.05) is 21.1 Å². The average Bonchev–Trinajstić information content (AvgIpc) is 2.81. The van der Waals surface area contributed by atoms with Crippen molar-refractivity contribution in [1.29, 1.82) is 0 Å². The Kier molecular flexibility index (Phi) is 5.08. The molecule has 30 heavy (non-hydrogen) atoms. The zero-order valence-electron chi connectivity index (χ0n) is 16.4. The summed E-state index contributed by atoms with van der Waals surface area (Å²) in [6, 6.07) is 42.8. The fraction of sp³-hybridized carbons (Fsp3) is 0. The first-order valence-electron chi connectivity index (χ1n) is 9.99. The van der Waals surface area contributed by atoms with E-state index in [-0.39, 0.29) is 0 Å². The number of halogens is 1. The van der Waals surface area contributed by atoms with E-state index < -0.39 is 0 Å². The van der Waals surface area contributed by atoms with Gasteiger partial charge in [-0.05, 0) is 47.3 Å². The Labute approximate surface area is 185 Å². The summed E-state index contributed by atoms with van der Waals surface area (Å²) in [6.45, 7) is 0. The minimum Gasteiger partial charge on any atom is -0.309 e. The highest BCUT2D eigenvalue weighted by atomic mass is 79.9. The van der Waals surface area contributed by atoms with E-state index in [9.17, 15) is 0 Å². The van der Waals surface area contributed by atoms with Gasteiger partial charge in [0.15, 0.2) is 0 Å². The Morgan fingerprint density at radius 3 is 1.97 bits per heavy atom. The van der Waals surface area contributed by atoms with E-state index in [1.54, 1.807) is 0 Å². The van der Waals surface area contributed by atoms with Crippen LogP contribution in [0.25, 0.3) is 21.9 Å². The molecule has 5 aromatic carbocycles. The third kappa shape index (κ3) is 3.51. The van der Waals surface area contributed by atoms with Gasteiger partial charge in [0.05, 0.1) is 11.4 Å². The van der Waals surface area contributed by atoms with E-state index in [4.69, 9.17) is 0 Å². The molecule has 0 aromatic heterocycles. The molecule has 0 unspecified atom stereocenters. The second-order valence-electron chi connectivity index (χ2n) is 7.19. The number of hydrogen-bond acceptors (Lipinski definition) is 1. The Hall–Kier alpha value is -3.36. The number of anilines is 3. The van der Waals surface area contributed by atoms with Gasteiger partial charge in [0.25, 0.3) is 0 Å². The van der Waals surface area contributed by atoms with Crippen LogP contribution in [0.2, 0.25) is 0 Å². The quantitative estimate of drug-likeness (QED) is 0.265. The van der Waals surface area contributed by atoms with E-state index in [0.717, 1.165) is 15.8 Å².